The molecular weight excluding hydrogens is 182 g/mol. The fourth-order valence-electron chi connectivity index (χ4n) is 0.916. The Kier molecular flexibility index (Phi) is 2.19. The largest absolute Gasteiger partial charge is 0.513 e. The molecule has 0 radical (unpaired) electrons. The summed E-state index contributed by atoms with van der Waals surface area (Å²) in [5.41, 5.74) is -1.49. The number of rotatable bonds is 1. The first-order chi connectivity index (χ1) is 5.96. The second-order valence-electron chi connectivity index (χ2n) is 2.43. The molecule has 0 saturated heterocycles. The van der Waals surface area contributed by atoms with Crippen LogP contribution in [0.4, 0.5) is 12.9 Å². The third-order valence-electron chi connectivity index (χ3n) is 1.54. The summed E-state index contributed by atoms with van der Waals surface area (Å²) in [7, 11) is 0. The summed E-state index contributed by atoms with van der Waals surface area (Å²) in [6.07, 6.45) is 0. The lowest BCUT2D eigenvalue weighted by molar-refractivity contribution is 0.462. The van der Waals surface area contributed by atoms with Crippen molar-refractivity contribution in [2.75, 3.05) is 0 Å². The van der Waals surface area contributed by atoms with Gasteiger partial charge in [-0.05, 0) is 6.07 Å². The maximum absolute atomic E-state index is 12.2. The zero-order valence-corrected chi connectivity index (χ0v) is 6.34. The minimum atomic E-state index is -5.26. The highest BCUT2D eigenvalue weighted by molar-refractivity contribution is 6.74. The highest BCUT2D eigenvalue weighted by atomic mass is 19.4. The van der Waals surface area contributed by atoms with Crippen molar-refractivity contribution in [2.45, 2.75) is 0 Å². The molecule has 0 aliphatic rings. The zero-order chi connectivity index (χ0) is 10.1. The molecule has 68 valence electrons. The van der Waals surface area contributed by atoms with Crippen LogP contribution in [0.15, 0.2) is 18.2 Å². The molecule has 0 unspecified atom stereocenters. The van der Waals surface area contributed by atoms with E-state index in [1.54, 1.807) is 0 Å². The number of para-hydroxylation sites is 1. The molecule has 0 heterocycles. The molecule has 1 aromatic rings. The molecule has 0 amide bonds. The van der Waals surface area contributed by atoms with Gasteiger partial charge in [0, 0.05) is 0 Å². The van der Waals surface area contributed by atoms with E-state index >= 15 is 0 Å². The molecule has 0 fully saturated rings. The fraction of sp³-hybridized carbons (Fsp3) is 0. The maximum atomic E-state index is 12.2. The highest BCUT2D eigenvalue weighted by Gasteiger charge is 2.29. The van der Waals surface area contributed by atoms with E-state index in [4.69, 9.17) is 10.4 Å². The summed E-state index contributed by atoms with van der Waals surface area (Å²) in [5, 5.41) is 17.3. The molecule has 0 aromatic heterocycles. The Morgan fingerprint density at radius 3 is 2.38 bits per heavy atom. The minimum Gasteiger partial charge on any atom is -0.510 e. The lowest BCUT2D eigenvalue weighted by atomic mass is 9.78. The Morgan fingerprint density at radius 2 is 1.92 bits per heavy atom. The Balaban J connectivity index is 3.34. The number of phenols is 1. The lowest BCUT2D eigenvalue weighted by Crippen LogP contribution is -2.34. The molecular formula is C7H4BF3NO-. The van der Waals surface area contributed by atoms with Gasteiger partial charge < -0.3 is 18.1 Å². The van der Waals surface area contributed by atoms with Crippen LogP contribution >= 0.6 is 0 Å². The average molecular weight is 186 g/mol. The predicted molar refractivity (Wildman–Crippen MR) is 41.5 cm³/mol. The van der Waals surface area contributed by atoms with Gasteiger partial charge in [0.2, 0.25) is 0 Å². The fourth-order valence-corrected chi connectivity index (χ4v) is 0.916. The molecule has 0 spiro atoms. The molecule has 1 rings (SSSR count). The summed E-state index contributed by atoms with van der Waals surface area (Å²) in [6.45, 7) is -5.26. The van der Waals surface area contributed by atoms with Crippen LogP contribution in [0.2, 0.25) is 0 Å². The average Bonchev–Trinajstić information content (AvgIpc) is 2.02. The summed E-state index contributed by atoms with van der Waals surface area (Å²) in [6, 6.07) is 4.43. The number of nitrogens with zero attached hydrogens (tertiary/aromatic N) is 1. The Bertz CT molecular complexity index is 369. The molecule has 1 N–H and O–H groups in total. The highest BCUT2D eigenvalue weighted by Crippen LogP contribution is 2.19. The van der Waals surface area contributed by atoms with Gasteiger partial charge in [0.05, 0.1) is 5.56 Å². The molecule has 13 heavy (non-hydrogen) atoms. The number of aromatic hydroxyl groups is 1. The summed E-state index contributed by atoms with van der Waals surface area (Å²) in [5.74, 6) is -0.988. The molecule has 1 aromatic carbocycles. The van der Waals surface area contributed by atoms with Crippen molar-refractivity contribution in [3.63, 3.8) is 0 Å². The Hall–Kier alpha value is -1.64. The number of halogens is 3. The molecule has 0 aliphatic carbocycles. The summed E-state index contributed by atoms with van der Waals surface area (Å²) < 4.78 is 36.5. The minimum absolute atomic E-state index is 0.364. The Labute approximate surface area is 72.3 Å². The van der Waals surface area contributed by atoms with Gasteiger partial charge in [0.1, 0.15) is 11.8 Å². The molecule has 0 bridgehead atoms. The van der Waals surface area contributed by atoms with E-state index in [1.165, 1.54) is 6.07 Å². The number of hydrogen-bond acceptors (Lipinski definition) is 2. The van der Waals surface area contributed by atoms with Crippen molar-refractivity contribution < 1.29 is 18.1 Å². The van der Waals surface area contributed by atoms with Gasteiger partial charge in [-0.1, -0.05) is 17.6 Å². The first-order valence-electron chi connectivity index (χ1n) is 3.38. The van der Waals surface area contributed by atoms with E-state index in [-0.39, 0.29) is 5.56 Å². The van der Waals surface area contributed by atoms with Crippen LogP contribution in [0.5, 0.6) is 5.75 Å². The van der Waals surface area contributed by atoms with Crippen LogP contribution in [0.25, 0.3) is 0 Å². The number of benzene rings is 1. The SMILES string of the molecule is N#Cc1cccc([B-](F)(F)F)c1O. The van der Waals surface area contributed by atoms with Crippen molar-refractivity contribution in [1.29, 1.82) is 5.26 Å². The van der Waals surface area contributed by atoms with Crippen molar-refractivity contribution in [3.05, 3.63) is 23.8 Å². The molecule has 0 saturated carbocycles. The topological polar surface area (TPSA) is 44.0 Å². The quantitative estimate of drug-likeness (QED) is 0.672. The number of phenolic OH excluding ortho intramolecular Hbond substituents is 1. The summed E-state index contributed by atoms with van der Waals surface area (Å²) >= 11 is 0. The third kappa shape index (κ3) is 1.75. The van der Waals surface area contributed by atoms with E-state index in [9.17, 15) is 12.9 Å². The third-order valence-corrected chi connectivity index (χ3v) is 1.54. The van der Waals surface area contributed by atoms with Gasteiger partial charge in [-0.3, -0.25) is 0 Å². The van der Waals surface area contributed by atoms with Crippen molar-refractivity contribution in [3.8, 4) is 11.8 Å². The molecule has 0 atom stereocenters. The van der Waals surface area contributed by atoms with E-state index in [1.807, 2.05) is 0 Å². The van der Waals surface area contributed by atoms with Crippen LogP contribution in [-0.2, 0) is 0 Å². The van der Waals surface area contributed by atoms with Gasteiger partial charge >= 0.3 is 6.98 Å². The van der Waals surface area contributed by atoms with Crippen LogP contribution in [0, 0.1) is 11.3 Å². The van der Waals surface area contributed by atoms with E-state index in [0.717, 1.165) is 18.2 Å². The van der Waals surface area contributed by atoms with Gasteiger partial charge in [-0.2, -0.15) is 5.26 Å². The van der Waals surface area contributed by atoms with Crippen molar-refractivity contribution in [2.24, 2.45) is 0 Å². The standard InChI is InChI=1S/C7H4BF3NO/c9-8(10,11)6-3-1-2-5(4-12)7(6)13/h1-3,13H/q-1. The molecule has 0 aliphatic heterocycles. The van der Waals surface area contributed by atoms with Gasteiger partial charge in [-0.15, -0.1) is 0 Å². The molecule has 6 heteroatoms. The number of nitriles is 1. The second-order valence-corrected chi connectivity index (χ2v) is 2.43. The lowest BCUT2D eigenvalue weighted by Gasteiger charge is -2.16. The van der Waals surface area contributed by atoms with E-state index < -0.39 is 18.2 Å². The Morgan fingerprint density at radius 1 is 1.31 bits per heavy atom. The van der Waals surface area contributed by atoms with Crippen LogP contribution < -0.4 is 5.46 Å². The smallest absolute Gasteiger partial charge is 0.510 e. The van der Waals surface area contributed by atoms with E-state index in [0.29, 0.717) is 0 Å². The predicted octanol–water partition coefficient (Wildman–Crippen LogP) is 1.32. The zero-order valence-electron chi connectivity index (χ0n) is 6.34. The maximum Gasteiger partial charge on any atom is 0.513 e. The van der Waals surface area contributed by atoms with Gasteiger partial charge in [0.15, 0.2) is 0 Å². The van der Waals surface area contributed by atoms with Crippen LogP contribution in [0.1, 0.15) is 5.56 Å². The van der Waals surface area contributed by atoms with Crippen molar-refractivity contribution in [1.82, 2.24) is 0 Å². The monoisotopic (exact) mass is 186 g/mol. The molecule has 2 nitrogen and oxygen atoms in total. The van der Waals surface area contributed by atoms with Gasteiger partial charge in [-0.25, -0.2) is 0 Å². The first kappa shape index (κ1) is 9.45. The normalized spacial score (nSPS) is 10.9. The number of hydrogen-bond donors (Lipinski definition) is 1. The van der Waals surface area contributed by atoms with Crippen LogP contribution in [0.3, 0.4) is 0 Å². The van der Waals surface area contributed by atoms with Crippen molar-refractivity contribution >= 4 is 12.4 Å². The van der Waals surface area contributed by atoms with Gasteiger partial charge in [0.25, 0.3) is 0 Å². The van der Waals surface area contributed by atoms with Crippen LogP contribution in [-0.4, -0.2) is 12.1 Å². The second kappa shape index (κ2) is 3.01. The summed E-state index contributed by atoms with van der Waals surface area (Å²) in [4.78, 5) is 0. The first-order valence-corrected chi connectivity index (χ1v) is 3.38. The van der Waals surface area contributed by atoms with E-state index in [2.05, 4.69) is 0 Å².